The largest absolute Gasteiger partial charge is 0.476 e. The molecule has 1 amide bonds. The molecule has 0 N–H and O–H groups in total. The number of ether oxygens (including phenoxy) is 1. The van der Waals surface area contributed by atoms with Crippen LogP contribution in [0.5, 0.6) is 5.88 Å². The summed E-state index contributed by atoms with van der Waals surface area (Å²) in [6.07, 6.45) is -1.55. The normalized spacial score (nSPS) is 14.8. The van der Waals surface area contributed by atoms with Crippen LogP contribution in [-0.2, 0) is 0 Å². The van der Waals surface area contributed by atoms with Crippen molar-refractivity contribution in [3.63, 3.8) is 0 Å². The van der Waals surface area contributed by atoms with E-state index in [0.717, 1.165) is 0 Å². The van der Waals surface area contributed by atoms with Crippen LogP contribution in [0, 0.1) is 5.41 Å². The number of pyridine rings is 1. The van der Waals surface area contributed by atoms with Gasteiger partial charge in [0.1, 0.15) is 12.0 Å². The molecule has 0 saturated heterocycles. The van der Waals surface area contributed by atoms with Gasteiger partial charge in [0.05, 0.1) is 5.56 Å². The summed E-state index contributed by atoms with van der Waals surface area (Å²) in [5, 5.41) is 4.05. The number of nitrogens with zero attached hydrogens (tertiary/aromatic N) is 4. The van der Waals surface area contributed by atoms with E-state index in [0.29, 0.717) is 22.7 Å². The minimum atomic E-state index is -4.30. The summed E-state index contributed by atoms with van der Waals surface area (Å²) in [5.41, 5.74) is -1.76. The first-order chi connectivity index (χ1) is 14.8. The average Bonchev–Trinajstić information content (AvgIpc) is 3.43. The smallest absolute Gasteiger partial charge is 0.397 e. The molecule has 6 nitrogen and oxygen atoms in total. The molecule has 0 radical (unpaired) electrons. The Bertz CT molecular complexity index is 1050. The number of carbonyl (C=O) groups is 1. The number of alkyl halides is 3. The predicted octanol–water partition coefficient (Wildman–Crippen LogP) is 5.02. The minimum absolute atomic E-state index is 0.0141. The fraction of sp³-hybridized carbons (Fsp3) is 0.250. The molecular weight excluding hydrogens is 436 g/mol. The molecule has 1 saturated carbocycles. The minimum Gasteiger partial charge on any atom is -0.476 e. The van der Waals surface area contributed by atoms with E-state index >= 15 is 0 Å². The Labute approximate surface area is 178 Å². The molecular formula is C20H16F4N4O2S. The number of hydrogen-bond acceptors (Lipinski definition) is 5. The van der Waals surface area contributed by atoms with E-state index in [-0.39, 0.29) is 28.8 Å². The van der Waals surface area contributed by atoms with Crippen LogP contribution in [0.15, 0.2) is 65.8 Å². The lowest BCUT2D eigenvalue weighted by Gasteiger charge is -2.18. The number of amides is 1. The van der Waals surface area contributed by atoms with Gasteiger partial charge in [-0.3, -0.25) is 4.79 Å². The monoisotopic (exact) mass is 452 g/mol. The highest BCUT2D eigenvalue weighted by Crippen LogP contribution is 2.57. The Kier molecular flexibility index (Phi) is 5.61. The van der Waals surface area contributed by atoms with Gasteiger partial charge < -0.3 is 4.74 Å². The molecule has 2 aromatic heterocycles. The van der Waals surface area contributed by atoms with E-state index in [9.17, 15) is 22.4 Å². The molecule has 1 fully saturated rings. The molecule has 2 heterocycles. The second-order valence-corrected chi connectivity index (χ2v) is 8.00. The number of rotatable bonds is 7. The summed E-state index contributed by atoms with van der Waals surface area (Å²) in [4.78, 5) is 16.9. The standard InChI is InChI=1S/C20H16F4N4O2S/c21-20(22,23)19(9-10-19)13-30-17-8-11-27(26-17)16-7-6-14(12-25-16)18(29)28(24)31-15-4-2-1-3-5-15/h1-8,11-12H,9-10,13H2. The highest BCUT2D eigenvalue weighted by Gasteiger charge is 2.64. The number of halogens is 4. The fourth-order valence-corrected chi connectivity index (χ4v) is 3.40. The molecule has 3 aromatic rings. The molecule has 0 unspecified atom stereocenters. The first-order valence-electron chi connectivity index (χ1n) is 9.22. The third kappa shape index (κ3) is 4.66. The van der Waals surface area contributed by atoms with Gasteiger partial charge in [0.15, 0.2) is 5.82 Å². The van der Waals surface area contributed by atoms with Crippen LogP contribution < -0.4 is 4.74 Å². The van der Waals surface area contributed by atoms with Crippen LogP contribution >= 0.6 is 11.9 Å². The zero-order valence-electron chi connectivity index (χ0n) is 15.9. The Morgan fingerprint density at radius 3 is 2.52 bits per heavy atom. The van der Waals surface area contributed by atoms with E-state index in [1.807, 2.05) is 0 Å². The van der Waals surface area contributed by atoms with Crippen LogP contribution in [0.3, 0.4) is 0 Å². The van der Waals surface area contributed by atoms with Gasteiger partial charge in [-0.2, -0.15) is 13.2 Å². The maximum atomic E-state index is 14.2. The molecule has 1 aliphatic carbocycles. The Hall–Kier alpha value is -3.08. The first-order valence-corrected chi connectivity index (χ1v) is 10.00. The Morgan fingerprint density at radius 1 is 1.16 bits per heavy atom. The third-order valence-corrected chi connectivity index (χ3v) is 5.64. The van der Waals surface area contributed by atoms with Crippen molar-refractivity contribution >= 4 is 17.9 Å². The van der Waals surface area contributed by atoms with Gasteiger partial charge in [0.25, 0.3) is 5.91 Å². The van der Waals surface area contributed by atoms with Gasteiger partial charge >= 0.3 is 6.18 Å². The van der Waals surface area contributed by atoms with Crippen molar-refractivity contribution in [2.75, 3.05) is 6.61 Å². The number of carbonyl (C=O) groups excluding carboxylic acids is 1. The van der Waals surface area contributed by atoms with E-state index in [1.165, 1.54) is 35.3 Å². The number of aromatic nitrogens is 3. The van der Waals surface area contributed by atoms with Gasteiger partial charge in [-0.15, -0.1) is 9.63 Å². The summed E-state index contributed by atoms with van der Waals surface area (Å²) < 4.78 is 59.6. The van der Waals surface area contributed by atoms with Gasteiger partial charge in [0, 0.05) is 35.3 Å². The summed E-state index contributed by atoms with van der Waals surface area (Å²) in [7, 11) is 0. The molecule has 0 aliphatic heterocycles. The zero-order valence-corrected chi connectivity index (χ0v) is 16.7. The molecule has 162 valence electrons. The van der Waals surface area contributed by atoms with Crippen molar-refractivity contribution < 1.29 is 27.2 Å². The van der Waals surface area contributed by atoms with Crippen LogP contribution in [0.1, 0.15) is 23.2 Å². The molecule has 0 spiro atoms. The van der Waals surface area contributed by atoms with Crippen LogP contribution in [-0.4, -0.2) is 38.0 Å². The lowest BCUT2D eigenvalue weighted by Crippen LogP contribution is -2.30. The lowest BCUT2D eigenvalue weighted by atomic mass is 10.1. The number of benzene rings is 1. The van der Waals surface area contributed by atoms with E-state index in [1.54, 1.807) is 30.3 Å². The van der Waals surface area contributed by atoms with Gasteiger partial charge in [-0.1, -0.05) is 22.7 Å². The second-order valence-electron chi connectivity index (χ2n) is 7.02. The van der Waals surface area contributed by atoms with E-state index < -0.39 is 24.1 Å². The highest BCUT2D eigenvalue weighted by atomic mass is 32.2. The highest BCUT2D eigenvalue weighted by molar-refractivity contribution is 7.97. The summed E-state index contributed by atoms with van der Waals surface area (Å²) in [6, 6.07) is 12.8. The van der Waals surface area contributed by atoms with Gasteiger partial charge in [-0.25, -0.2) is 9.67 Å². The van der Waals surface area contributed by atoms with Crippen molar-refractivity contribution in [3.8, 4) is 11.7 Å². The van der Waals surface area contributed by atoms with Crippen LogP contribution in [0.25, 0.3) is 5.82 Å². The van der Waals surface area contributed by atoms with E-state index in [4.69, 9.17) is 4.74 Å². The predicted molar refractivity (Wildman–Crippen MR) is 104 cm³/mol. The van der Waals surface area contributed by atoms with Gasteiger partial charge in [-0.05, 0) is 37.1 Å². The lowest BCUT2D eigenvalue weighted by molar-refractivity contribution is -0.194. The molecule has 1 aliphatic rings. The van der Waals surface area contributed by atoms with Gasteiger partial charge in [0.2, 0.25) is 5.88 Å². The molecule has 0 bridgehead atoms. The third-order valence-electron chi connectivity index (χ3n) is 4.83. The number of hydrogen-bond donors (Lipinski definition) is 0. The molecule has 1 aromatic carbocycles. The summed E-state index contributed by atoms with van der Waals surface area (Å²) >= 11 is 0.640. The van der Waals surface area contributed by atoms with Crippen molar-refractivity contribution in [1.29, 1.82) is 0 Å². The van der Waals surface area contributed by atoms with Crippen molar-refractivity contribution in [2.45, 2.75) is 23.9 Å². The van der Waals surface area contributed by atoms with Crippen LogP contribution in [0.2, 0.25) is 0 Å². The summed E-state index contributed by atoms with van der Waals surface area (Å²) in [5.74, 6) is -0.546. The Balaban J connectivity index is 1.38. The SMILES string of the molecule is O=C(c1ccc(-n2ccc(OCC3(C(F)(F)F)CC3)n2)nc1)N(F)Sc1ccccc1. The molecule has 0 atom stereocenters. The van der Waals surface area contributed by atoms with Crippen molar-refractivity contribution in [1.82, 2.24) is 19.3 Å². The zero-order chi connectivity index (χ0) is 22.1. The molecule has 11 heteroatoms. The maximum absolute atomic E-state index is 14.2. The second kappa shape index (κ2) is 8.22. The van der Waals surface area contributed by atoms with E-state index in [2.05, 4.69) is 10.1 Å². The van der Waals surface area contributed by atoms with Crippen molar-refractivity contribution in [2.24, 2.45) is 5.41 Å². The fourth-order valence-electron chi connectivity index (χ4n) is 2.75. The Morgan fingerprint density at radius 2 is 1.90 bits per heavy atom. The topological polar surface area (TPSA) is 60.3 Å². The molecule has 31 heavy (non-hydrogen) atoms. The molecule has 4 rings (SSSR count). The average molecular weight is 452 g/mol. The van der Waals surface area contributed by atoms with Crippen LogP contribution in [0.4, 0.5) is 17.7 Å². The quantitative estimate of drug-likeness (QED) is 0.286. The first kappa shape index (κ1) is 21.2. The van der Waals surface area contributed by atoms with Crippen molar-refractivity contribution in [3.05, 3.63) is 66.5 Å². The summed E-state index contributed by atoms with van der Waals surface area (Å²) in [6.45, 7) is -0.486. The maximum Gasteiger partial charge on any atom is 0.397 e.